The second kappa shape index (κ2) is 3.99. The SMILES string of the molecule is CC(C)(C)COC(=O)C12CC3CC(CC(C)(C3)C1)C2. The van der Waals surface area contributed by atoms with E-state index in [0.717, 1.165) is 31.1 Å². The van der Waals surface area contributed by atoms with E-state index >= 15 is 0 Å². The normalized spacial score (nSPS) is 44.4. The van der Waals surface area contributed by atoms with Crippen LogP contribution in [0.25, 0.3) is 0 Å². The van der Waals surface area contributed by atoms with Crippen molar-refractivity contribution in [2.24, 2.45) is 28.1 Å². The molecule has 4 bridgehead atoms. The van der Waals surface area contributed by atoms with Gasteiger partial charge in [0.05, 0.1) is 12.0 Å². The quantitative estimate of drug-likeness (QED) is 0.699. The minimum atomic E-state index is -0.121. The Kier molecular flexibility index (Phi) is 2.82. The van der Waals surface area contributed by atoms with Crippen molar-refractivity contribution in [2.45, 2.75) is 66.2 Å². The van der Waals surface area contributed by atoms with E-state index in [9.17, 15) is 4.79 Å². The standard InChI is InChI=1S/C17H28O2/c1-15(2,3)11-19-14(18)17-8-12-5-13(9-17)7-16(4,6-12)10-17/h12-13H,5-11H2,1-4H3. The topological polar surface area (TPSA) is 26.3 Å². The fourth-order valence-corrected chi connectivity index (χ4v) is 5.39. The van der Waals surface area contributed by atoms with Crippen LogP contribution in [0, 0.1) is 28.1 Å². The van der Waals surface area contributed by atoms with Gasteiger partial charge in [0.15, 0.2) is 0 Å². The first-order valence-corrected chi connectivity index (χ1v) is 7.87. The van der Waals surface area contributed by atoms with E-state index in [2.05, 4.69) is 27.7 Å². The summed E-state index contributed by atoms with van der Waals surface area (Å²) in [6.07, 6.45) is 7.33. The van der Waals surface area contributed by atoms with Gasteiger partial charge >= 0.3 is 5.97 Å². The second-order valence-corrected chi connectivity index (χ2v) is 9.19. The van der Waals surface area contributed by atoms with Crippen molar-refractivity contribution in [1.82, 2.24) is 0 Å². The van der Waals surface area contributed by atoms with Crippen LogP contribution >= 0.6 is 0 Å². The molecule has 2 heteroatoms. The molecule has 4 rings (SSSR count). The maximum atomic E-state index is 12.7. The lowest BCUT2D eigenvalue weighted by atomic mass is 9.44. The summed E-state index contributed by atoms with van der Waals surface area (Å²) < 4.78 is 5.70. The van der Waals surface area contributed by atoms with Crippen LogP contribution in [0.5, 0.6) is 0 Å². The Bertz CT molecular complexity index is 377. The van der Waals surface area contributed by atoms with Crippen molar-refractivity contribution < 1.29 is 9.53 Å². The number of hydrogen-bond acceptors (Lipinski definition) is 2. The Balaban J connectivity index is 1.74. The molecule has 2 atom stereocenters. The van der Waals surface area contributed by atoms with E-state index in [1.165, 1.54) is 19.3 Å². The largest absolute Gasteiger partial charge is 0.465 e. The van der Waals surface area contributed by atoms with Crippen LogP contribution in [-0.2, 0) is 9.53 Å². The van der Waals surface area contributed by atoms with Crippen LogP contribution < -0.4 is 0 Å². The zero-order valence-electron chi connectivity index (χ0n) is 12.9. The summed E-state index contributed by atoms with van der Waals surface area (Å²) in [6, 6.07) is 0. The third-order valence-electron chi connectivity index (χ3n) is 5.42. The van der Waals surface area contributed by atoms with Gasteiger partial charge in [-0.25, -0.2) is 0 Å². The molecule has 4 aliphatic rings. The van der Waals surface area contributed by atoms with Gasteiger partial charge < -0.3 is 4.74 Å². The van der Waals surface area contributed by atoms with Gasteiger partial charge in [-0.05, 0) is 61.2 Å². The molecular weight excluding hydrogens is 236 g/mol. The molecule has 0 aromatic rings. The lowest BCUT2D eigenvalue weighted by Gasteiger charge is -2.60. The minimum Gasteiger partial charge on any atom is -0.465 e. The molecular formula is C17H28O2. The average Bonchev–Trinajstić information content (AvgIpc) is 2.21. The first-order chi connectivity index (χ1) is 8.70. The van der Waals surface area contributed by atoms with E-state index in [-0.39, 0.29) is 16.8 Å². The number of hydrogen-bond donors (Lipinski definition) is 0. The van der Waals surface area contributed by atoms with Crippen LogP contribution in [-0.4, -0.2) is 12.6 Å². The van der Waals surface area contributed by atoms with Gasteiger partial charge in [0.1, 0.15) is 0 Å². The van der Waals surface area contributed by atoms with Gasteiger partial charge in [-0.2, -0.15) is 0 Å². The van der Waals surface area contributed by atoms with E-state index < -0.39 is 0 Å². The van der Waals surface area contributed by atoms with Crippen molar-refractivity contribution in [3.63, 3.8) is 0 Å². The van der Waals surface area contributed by atoms with E-state index in [4.69, 9.17) is 4.74 Å². The van der Waals surface area contributed by atoms with Crippen molar-refractivity contribution >= 4 is 5.97 Å². The van der Waals surface area contributed by atoms with Crippen molar-refractivity contribution in [1.29, 1.82) is 0 Å². The van der Waals surface area contributed by atoms with Crippen LogP contribution in [0.4, 0.5) is 0 Å². The molecule has 4 aliphatic carbocycles. The number of rotatable bonds is 2. The van der Waals surface area contributed by atoms with Crippen LogP contribution in [0.15, 0.2) is 0 Å². The molecule has 0 heterocycles. The molecule has 19 heavy (non-hydrogen) atoms. The Labute approximate surface area is 117 Å². The Hall–Kier alpha value is -0.530. The predicted molar refractivity (Wildman–Crippen MR) is 75.6 cm³/mol. The van der Waals surface area contributed by atoms with Crippen molar-refractivity contribution in [3.8, 4) is 0 Å². The zero-order valence-corrected chi connectivity index (χ0v) is 12.9. The summed E-state index contributed by atoms with van der Waals surface area (Å²) in [5, 5.41) is 0. The number of carbonyl (C=O) groups excluding carboxylic acids is 1. The first-order valence-electron chi connectivity index (χ1n) is 7.87. The Morgan fingerprint density at radius 2 is 1.74 bits per heavy atom. The fraction of sp³-hybridized carbons (Fsp3) is 0.941. The third kappa shape index (κ3) is 2.43. The van der Waals surface area contributed by atoms with Gasteiger partial charge in [0, 0.05) is 0 Å². The number of esters is 1. The second-order valence-electron chi connectivity index (χ2n) is 9.19. The predicted octanol–water partition coefficient (Wildman–Crippen LogP) is 4.18. The monoisotopic (exact) mass is 264 g/mol. The smallest absolute Gasteiger partial charge is 0.312 e. The molecule has 4 fully saturated rings. The summed E-state index contributed by atoms with van der Waals surface area (Å²) in [6.45, 7) is 9.33. The highest BCUT2D eigenvalue weighted by atomic mass is 16.5. The lowest BCUT2D eigenvalue weighted by Crippen LogP contribution is -2.54. The summed E-state index contributed by atoms with van der Waals surface area (Å²) in [5.41, 5.74) is 0.372. The Morgan fingerprint density at radius 1 is 1.16 bits per heavy atom. The van der Waals surface area contributed by atoms with E-state index in [0.29, 0.717) is 12.0 Å². The van der Waals surface area contributed by atoms with E-state index in [1.54, 1.807) is 0 Å². The molecule has 0 aromatic heterocycles. The molecule has 0 radical (unpaired) electrons. The molecule has 2 nitrogen and oxygen atoms in total. The number of ether oxygens (including phenoxy) is 1. The Morgan fingerprint density at radius 3 is 2.21 bits per heavy atom. The highest BCUT2D eigenvalue weighted by Crippen LogP contribution is 2.65. The molecule has 2 unspecified atom stereocenters. The number of carbonyl (C=O) groups is 1. The first kappa shape index (κ1) is 13.5. The highest BCUT2D eigenvalue weighted by Gasteiger charge is 2.59. The highest BCUT2D eigenvalue weighted by molar-refractivity contribution is 5.77. The molecule has 0 aromatic carbocycles. The summed E-state index contributed by atoms with van der Waals surface area (Å²) in [7, 11) is 0. The van der Waals surface area contributed by atoms with Crippen LogP contribution in [0.3, 0.4) is 0 Å². The van der Waals surface area contributed by atoms with Gasteiger partial charge in [0.2, 0.25) is 0 Å². The van der Waals surface area contributed by atoms with Crippen molar-refractivity contribution in [3.05, 3.63) is 0 Å². The molecule has 0 amide bonds. The summed E-state index contributed by atoms with van der Waals surface area (Å²) in [4.78, 5) is 12.7. The minimum absolute atomic E-state index is 0.0713. The van der Waals surface area contributed by atoms with Gasteiger partial charge in [-0.1, -0.05) is 27.7 Å². The summed E-state index contributed by atoms with van der Waals surface area (Å²) >= 11 is 0. The molecule has 4 saturated carbocycles. The van der Waals surface area contributed by atoms with Gasteiger partial charge in [-0.3, -0.25) is 4.79 Å². The zero-order chi connectivity index (χ0) is 13.9. The fourth-order valence-electron chi connectivity index (χ4n) is 5.39. The maximum absolute atomic E-state index is 12.7. The maximum Gasteiger partial charge on any atom is 0.312 e. The molecule has 0 aliphatic heterocycles. The van der Waals surface area contributed by atoms with Crippen molar-refractivity contribution in [2.75, 3.05) is 6.61 Å². The summed E-state index contributed by atoms with van der Waals surface area (Å²) in [5.74, 6) is 1.68. The third-order valence-corrected chi connectivity index (χ3v) is 5.42. The average molecular weight is 264 g/mol. The van der Waals surface area contributed by atoms with Gasteiger partial charge in [-0.15, -0.1) is 0 Å². The molecule has 108 valence electrons. The lowest BCUT2D eigenvalue weighted by molar-refractivity contribution is -0.181. The van der Waals surface area contributed by atoms with E-state index in [1.807, 2.05) is 0 Å². The van der Waals surface area contributed by atoms with Crippen LogP contribution in [0.2, 0.25) is 0 Å². The molecule has 0 N–H and O–H groups in total. The van der Waals surface area contributed by atoms with Gasteiger partial charge in [0.25, 0.3) is 0 Å². The molecule has 0 spiro atoms. The molecule has 0 saturated heterocycles. The van der Waals surface area contributed by atoms with Crippen LogP contribution in [0.1, 0.15) is 66.2 Å².